The fourth-order valence-electron chi connectivity index (χ4n) is 2.12. The lowest BCUT2D eigenvalue weighted by molar-refractivity contribution is 0.135. The SMILES string of the molecule is CC(C)CNCC(C)C.CCCCNCCCC.CCCCNCCCC.O=C(O)O.O=C(O)O. The summed E-state index contributed by atoms with van der Waals surface area (Å²) in [7, 11) is 0. The number of nitrogens with one attached hydrogen (secondary N) is 3. The predicted octanol–water partition coefficient (Wildman–Crippen LogP) is 6.69. The van der Waals surface area contributed by atoms with Crippen molar-refractivity contribution in [3.8, 4) is 0 Å². The molecule has 0 heterocycles. The summed E-state index contributed by atoms with van der Waals surface area (Å²) in [6.45, 7) is 24.9. The summed E-state index contributed by atoms with van der Waals surface area (Å²) in [5.41, 5.74) is 0. The number of unbranched alkanes of at least 4 members (excludes halogenated alkanes) is 4. The van der Waals surface area contributed by atoms with Crippen LogP contribution in [0.1, 0.15) is 107 Å². The van der Waals surface area contributed by atoms with Gasteiger partial charge in [-0.3, -0.25) is 0 Å². The summed E-state index contributed by atoms with van der Waals surface area (Å²) in [4.78, 5) is 17.1. The molecule has 0 aliphatic rings. The summed E-state index contributed by atoms with van der Waals surface area (Å²) in [5, 5.41) is 38.0. The minimum absolute atomic E-state index is 0.781. The zero-order valence-corrected chi connectivity index (χ0v) is 24.2. The van der Waals surface area contributed by atoms with Gasteiger partial charge >= 0.3 is 12.3 Å². The molecule has 35 heavy (non-hydrogen) atoms. The Balaban J connectivity index is -0.000000112. The Kier molecular flexibility index (Phi) is 52.9. The van der Waals surface area contributed by atoms with Gasteiger partial charge in [-0.2, -0.15) is 0 Å². The second-order valence-electron chi connectivity index (χ2n) is 8.93. The smallest absolute Gasteiger partial charge is 0.450 e. The first-order valence-electron chi connectivity index (χ1n) is 13.4. The van der Waals surface area contributed by atoms with E-state index < -0.39 is 12.3 Å². The molecular formula is C26H61N3O6. The van der Waals surface area contributed by atoms with Crippen LogP contribution in [-0.2, 0) is 0 Å². The lowest BCUT2D eigenvalue weighted by Crippen LogP contribution is -2.23. The van der Waals surface area contributed by atoms with Crippen molar-refractivity contribution in [2.45, 2.75) is 107 Å². The highest BCUT2D eigenvalue weighted by Gasteiger charge is 1.94. The van der Waals surface area contributed by atoms with Crippen molar-refractivity contribution in [1.82, 2.24) is 16.0 Å². The van der Waals surface area contributed by atoms with Crippen LogP contribution < -0.4 is 16.0 Å². The minimum atomic E-state index is -1.83. The Morgan fingerprint density at radius 1 is 0.514 bits per heavy atom. The first kappa shape index (κ1) is 43.5. The maximum absolute atomic E-state index is 8.56. The van der Waals surface area contributed by atoms with Crippen molar-refractivity contribution in [3.63, 3.8) is 0 Å². The number of rotatable bonds is 16. The minimum Gasteiger partial charge on any atom is -0.450 e. The van der Waals surface area contributed by atoms with Crippen LogP contribution in [0.2, 0.25) is 0 Å². The second-order valence-corrected chi connectivity index (χ2v) is 8.93. The molecule has 0 aliphatic carbocycles. The van der Waals surface area contributed by atoms with E-state index in [2.05, 4.69) is 71.3 Å². The largest absolute Gasteiger partial charge is 0.503 e. The number of hydrogen-bond acceptors (Lipinski definition) is 5. The molecule has 0 rings (SSSR count). The van der Waals surface area contributed by atoms with Gasteiger partial charge in [0.1, 0.15) is 0 Å². The van der Waals surface area contributed by atoms with Crippen molar-refractivity contribution in [1.29, 1.82) is 0 Å². The highest BCUT2D eigenvalue weighted by atomic mass is 16.6. The molecule has 0 saturated heterocycles. The molecule has 0 spiro atoms. The first-order valence-corrected chi connectivity index (χ1v) is 13.4. The van der Waals surface area contributed by atoms with Crippen LogP contribution in [0.4, 0.5) is 9.59 Å². The van der Waals surface area contributed by atoms with E-state index >= 15 is 0 Å². The van der Waals surface area contributed by atoms with Gasteiger partial charge in [0, 0.05) is 0 Å². The summed E-state index contributed by atoms with van der Waals surface area (Å²) in [6, 6.07) is 0. The van der Waals surface area contributed by atoms with Crippen LogP contribution in [0.15, 0.2) is 0 Å². The summed E-state index contributed by atoms with van der Waals surface area (Å²) in [6.07, 6.45) is 6.84. The average Bonchev–Trinajstić information content (AvgIpc) is 2.73. The predicted molar refractivity (Wildman–Crippen MR) is 149 cm³/mol. The first-order chi connectivity index (χ1) is 16.4. The molecule has 0 atom stereocenters. The van der Waals surface area contributed by atoms with Crippen molar-refractivity contribution in [2.75, 3.05) is 39.3 Å². The van der Waals surface area contributed by atoms with Crippen LogP contribution in [0.3, 0.4) is 0 Å². The van der Waals surface area contributed by atoms with E-state index in [-0.39, 0.29) is 0 Å². The molecule has 0 aromatic rings. The van der Waals surface area contributed by atoms with E-state index in [0.29, 0.717) is 0 Å². The Morgan fingerprint density at radius 3 is 0.857 bits per heavy atom. The van der Waals surface area contributed by atoms with Crippen LogP contribution in [0.25, 0.3) is 0 Å². The van der Waals surface area contributed by atoms with Gasteiger partial charge in [-0.1, -0.05) is 81.1 Å². The molecular weight excluding hydrogens is 450 g/mol. The quantitative estimate of drug-likeness (QED) is 0.112. The Labute approximate surface area is 216 Å². The third kappa shape index (κ3) is 111. The van der Waals surface area contributed by atoms with Crippen molar-refractivity contribution in [3.05, 3.63) is 0 Å². The van der Waals surface area contributed by atoms with Gasteiger partial charge < -0.3 is 36.4 Å². The third-order valence-electron chi connectivity index (χ3n) is 3.93. The van der Waals surface area contributed by atoms with Crippen molar-refractivity contribution >= 4 is 12.3 Å². The Morgan fingerprint density at radius 2 is 0.714 bits per heavy atom. The van der Waals surface area contributed by atoms with E-state index in [1.54, 1.807) is 0 Å². The molecule has 7 N–H and O–H groups in total. The molecule has 0 aromatic carbocycles. The molecule has 0 aliphatic heterocycles. The molecule has 0 amide bonds. The molecule has 0 radical (unpaired) electrons. The maximum atomic E-state index is 8.56. The average molecular weight is 512 g/mol. The monoisotopic (exact) mass is 511 g/mol. The Bertz CT molecular complexity index is 330. The van der Waals surface area contributed by atoms with E-state index in [4.69, 9.17) is 30.0 Å². The lowest BCUT2D eigenvalue weighted by Gasteiger charge is -2.08. The van der Waals surface area contributed by atoms with Gasteiger partial charge in [-0.05, 0) is 76.8 Å². The summed E-state index contributed by atoms with van der Waals surface area (Å²) >= 11 is 0. The van der Waals surface area contributed by atoms with Gasteiger partial charge in [-0.15, -0.1) is 0 Å². The van der Waals surface area contributed by atoms with Crippen LogP contribution >= 0.6 is 0 Å². The lowest BCUT2D eigenvalue weighted by atomic mass is 10.2. The van der Waals surface area contributed by atoms with Crippen LogP contribution in [0, 0.1) is 11.8 Å². The highest BCUT2D eigenvalue weighted by Crippen LogP contribution is 1.90. The number of carboxylic acid groups (broad SMARTS) is 4. The van der Waals surface area contributed by atoms with Crippen LogP contribution in [0.5, 0.6) is 0 Å². The topological polar surface area (TPSA) is 151 Å². The molecule has 9 heteroatoms. The Hall–Kier alpha value is -1.58. The molecule has 0 unspecified atom stereocenters. The number of carbonyl (C=O) groups is 2. The zero-order valence-electron chi connectivity index (χ0n) is 24.2. The fourth-order valence-corrected chi connectivity index (χ4v) is 2.12. The van der Waals surface area contributed by atoms with Gasteiger partial charge in [0.2, 0.25) is 0 Å². The summed E-state index contributed by atoms with van der Waals surface area (Å²) in [5.74, 6) is 1.56. The van der Waals surface area contributed by atoms with Gasteiger partial charge in [0.25, 0.3) is 0 Å². The zero-order chi connectivity index (χ0) is 28.3. The fraction of sp³-hybridized carbons (Fsp3) is 0.923. The molecule has 216 valence electrons. The molecule has 0 aromatic heterocycles. The van der Waals surface area contributed by atoms with E-state index in [1.807, 2.05) is 0 Å². The molecule has 0 fully saturated rings. The molecule has 0 bridgehead atoms. The van der Waals surface area contributed by atoms with E-state index in [0.717, 1.165) is 24.9 Å². The maximum Gasteiger partial charge on any atom is 0.503 e. The molecule has 9 nitrogen and oxygen atoms in total. The van der Waals surface area contributed by atoms with Gasteiger partial charge in [-0.25, -0.2) is 9.59 Å². The summed E-state index contributed by atoms with van der Waals surface area (Å²) < 4.78 is 0. The van der Waals surface area contributed by atoms with E-state index in [9.17, 15) is 0 Å². The number of hydrogen-bond donors (Lipinski definition) is 7. The standard InChI is InChI=1S/3C8H19N.2CH2O3/c1-7(2)5-9-6-8(3)4;2*1-3-5-7-9-8-6-4-2;2*2-1(3)4/h7-9H,5-6H2,1-4H3;2*9H,3-8H2,1-2H3;2*(H2,2,3,4). The third-order valence-corrected chi connectivity index (χ3v) is 3.93. The van der Waals surface area contributed by atoms with Gasteiger partial charge in [0.05, 0.1) is 0 Å². The molecule has 0 saturated carbocycles. The normalized spacial score (nSPS) is 9.43. The van der Waals surface area contributed by atoms with E-state index in [1.165, 1.54) is 77.5 Å². The van der Waals surface area contributed by atoms with Crippen molar-refractivity contribution < 1.29 is 30.0 Å². The van der Waals surface area contributed by atoms with Gasteiger partial charge in [0.15, 0.2) is 0 Å². The second kappa shape index (κ2) is 42.6. The highest BCUT2D eigenvalue weighted by molar-refractivity contribution is 5.53. The van der Waals surface area contributed by atoms with Crippen molar-refractivity contribution in [2.24, 2.45) is 11.8 Å². The van der Waals surface area contributed by atoms with Crippen LogP contribution in [-0.4, -0.2) is 72.0 Å².